The Labute approximate surface area is 143 Å². The molecule has 0 aliphatic heterocycles. The molecule has 0 bridgehead atoms. The molecule has 1 aromatic carbocycles. The van der Waals surface area contributed by atoms with E-state index in [-0.39, 0.29) is 11.4 Å². The number of benzene rings is 1. The first kappa shape index (κ1) is 16.3. The highest BCUT2D eigenvalue weighted by Crippen LogP contribution is 2.39. The van der Waals surface area contributed by atoms with Crippen molar-refractivity contribution in [2.24, 2.45) is 0 Å². The molecule has 7 heteroatoms. The van der Waals surface area contributed by atoms with Crippen LogP contribution in [0, 0.1) is 0 Å². The molecule has 122 valence electrons. The van der Waals surface area contributed by atoms with E-state index in [4.69, 9.17) is 4.74 Å². The molecular formula is C16H19N3O2S2. The van der Waals surface area contributed by atoms with Crippen molar-refractivity contribution in [2.75, 3.05) is 12.9 Å². The summed E-state index contributed by atoms with van der Waals surface area (Å²) >= 11 is 2.89. The summed E-state index contributed by atoms with van der Waals surface area (Å²) in [6.07, 6.45) is 4.23. The average molecular weight is 349 g/mol. The van der Waals surface area contributed by atoms with E-state index in [0.717, 1.165) is 41.3 Å². The van der Waals surface area contributed by atoms with Gasteiger partial charge < -0.3 is 10.1 Å². The minimum atomic E-state index is -0.245. The molecule has 2 aromatic rings. The van der Waals surface area contributed by atoms with Crippen molar-refractivity contribution in [3.05, 3.63) is 35.3 Å². The van der Waals surface area contributed by atoms with Gasteiger partial charge in [0, 0.05) is 0 Å². The van der Waals surface area contributed by atoms with Gasteiger partial charge >= 0.3 is 0 Å². The number of nitrogens with one attached hydrogen (secondary N) is 1. The van der Waals surface area contributed by atoms with Gasteiger partial charge in [-0.25, -0.2) is 0 Å². The molecule has 1 saturated carbocycles. The number of thioether (sulfide) groups is 1. The lowest BCUT2D eigenvalue weighted by Crippen LogP contribution is -2.44. The highest BCUT2D eigenvalue weighted by molar-refractivity contribution is 8.01. The molecule has 3 rings (SSSR count). The van der Waals surface area contributed by atoms with Gasteiger partial charge in [0.05, 0.1) is 18.4 Å². The molecule has 1 aliphatic rings. The molecule has 0 saturated heterocycles. The van der Waals surface area contributed by atoms with Gasteiger partial charge in [0.15, 0.2) is 4.34 Å². The van der Waals surface area contributed by atoms with Crippen LogP contribution in [0.4, 0.5) is 0 Å². The summed E-state index contributed by atoms with van der Waals surface area (Å²) < 4.78 is 6.05. The van der Waals surface area contributed by atoms with Crippen LogP contribution in [0.25, 0.3) is 0 Å². The van der Waals surface area contributed by atoms with Crippen LogP contribution < -0.4 is 10.1 Å². The van der Waals surface area contributed by atoms with Crippen molar-refractivity contribution in [2.45, 2.75) is 35.6 Å². The fourth-order valence-corrected chi connectivity index (χ4v) is 4.32. The normalized spacial score (nSPS) is 16.2. The summed E-state index contributed by atoms with van der Waals surface area (Å²) in [5, 5.41) is 11.0. The van der Waals surface area contributed by atoms with Crippen LogP contribution in [0.5, 0.6) is 5.75 Å². The third-order valence-electron chi connectivity index (χ3n) is 4.15. The van der Waals surface area contributed by atoms with Crippen molar-refractivity contribution in [3.8, 4) is 5.75 Å². The Morgan fingerprint density at radius 2 is 2.09 bits per heavy atom. The van der Waals surface area contributed by atoms with Gasteiger partial charge in [-0.05, 0) is 30.5 Å². The molecule has 1 aliphatic carbocycles. The zero-order valence-electron chi connectivity index (χ0n) is 12.9. The summed E-state index contributed by atoms with van der Waals surface area (Å²) in [7, 11) is 1.66. The van der Waals surface area contributed by atoms with Crippen LogP contribution in [0.1, 0.15) is 31.2 Å². The Hall–Kier alpha value is -1.60. The lowest BCUT2D eigenvalue weighted by molar-refractivity contribution is -0.120. The lowest BCUT2D eigenvalue weighted by atomic mass is 9.88. The van der Waals surface area contributed by atoms with Gasteiger partial charge in [0.1, 0.15) is 11.3 Å². The van der Waals surface area contributed by atoms with Gasteiger partial charge in [-0.15, -0.1) is 10.2 Å². The zero-order chi connectivity index (χ0) is 16.1. The second-order valence-corrected chi connectivity index (χ2v) is 7.61. The summed E-state index contributed by atoms with van der Waals surface area (Å²) in [6.45, 7) is 0. The Morgan fingerprint density at radius 3 is 2.70 bits per heavy atom. The molecule has 5 nitrogen and oxygen atoms in total. The van der Waals surface area contributed by atoms with E-state index in [1.165, 1.54) is 23.1 Å². The molecule has 0 spiro atoms. The monoisotopic (exact) mass is 349 g/mol. The van der Waals surface area contributed by atoms with Crippen molar-refractivity contribution < 1.29 is 9.53 Å². The second-order valence-electron chi connectivity index (χ2n) is 5.56. The van der Waals surface area contributed by atoms with Gasteiger partial charge in [0.25, 0.3) is 0 Å². The maximum atomic E-state index is 12.4. The van der Waals surface area contributed by atoms with E-state index in [1.54, 1.807) is 12.6 Å². The maximum absolute atomic E-state index is 12.4. The highest BCUT2D eigenvalue weighted by Gasteiger charge is 2.36. The molecule has 0 atom stereocenters. The van der Waals surface area contributed by atoms with E-state index in [2.05, 4.69) is 27.6 Å². The number of nitrogens with zero attached hydrogens (tertiary/aromatic N) is 2. The quantitative estimate of drug-likeness (QED) is 0.811. The number of ether oxygens (including phenoxy) is 1. The minimum absolute atomic E-state index is 0.0444. The Bertz CT molecular complexity index is 638. The summed E-state index contributed by atoms with van der Waals surface area (Å²) in [5.41, 5.74) is 2.59. The van der Waals surface area contributed by atoms with Crippen molar-refractivity contribution >= 4 is 29.0 Å². The van der Waals surface area contributed by atoms with Crippen LogP contribution in [-0.4, -0.2) is 29.0 Å². The first-order chi connectivity index (χ1) is 11.2. The molecule has 1 amide bonds. The van der Waals surface area contributed by atoms with E-state index in [0.29, 0.717) is 5.75 Å². The van der Waals surface area contributed by atoms with Gasteiger partial charge in [-0.2, -0.15) is 0 Å². The third-order valence-corrected chi connectivity index (χ3v) is 6.01. The number of hydrogen-bond donors (Lipinski definition) is 1. The number of amides is 1. The Balaban J connectivity index is 1.68. The van der Waals surface area contributed by atoms with E-state index in [9.17, 15) is 4.79 Å². The molecule has 1 fully saturated rings. The number of hydrogen-bond acceptors (Lipinski definition) is 6. The fraction of sp³-hybridized carbons (Fsp3) is 0.438. The van der Waals surface area contributed by atoms with E-state index in [1.807, 2.05) is 12.1 Å². The number of methoxy groups -OCH3 is 1. The fourth-order valence-electron chi connectivity index (χ4n) is 3.03. The summed E-state index contributed by atoms with van der Waals surface area (Å²) in [6, 6.07) is 8.03. The smallest absolute Gasteiger partial charge is 0.231 e. The first-order valence-electron chi connectivity index (χ1n) is 7.56. The van der Waals surface area contributed by atoms with E-state index >= 15 is 0 Å². The minimum Gasteiger partial charge on any atom is -0.497 e. The van der Waals surface area contributed by atoms with Crippen molar-refractivity contribution in [1.29, 1.82) is 0 Å². The largest absolute Gasteiger partial charge is 0.497 e. The standard InChI is InChI=1S/C16H19N3O2S2/c1-21-13-6-4-12(5-7-13)16(8-2-3-9-16)18-14(20)10-22-15-19-17-11-23-15/h4-7,11H,2-3,8-10H2,1H3,(H,18,20). The number of carbonyl (C=O) groups excluding carboxylic acids is 1. The lowest BCUT2D eigenvalue weighted by Gasteiger charge is -2.31. The average Bonchev–Trinajstić information content (AvgIpc) is 3.25. The summed E-state index contributed by atoms with van der Waals surface area (Å²) in [5.74, 6) is 1.25. The SMILES string of the molecule is COc1ccc(C2(NC(=O)CSc3nncs3)CCCC2)cc1. The predicted molar refractivity (Wildman–Crippen MR) is 91.9 cm³/mol. The third kappa shape index (κ3) is 3.84. The molecule has 0 unspecified atom stereocenters. The molecule has 1 aromatic heterocycles. The van der Waals surface area contributed by atoms with Crippen LogP contribution in [0.2, 0.25) is 0 Å². The van der Waals surface area contributed by atoms with Crippen LogP contribution in [0.15, 0.2) is 34.1 Å². The molecule has 1 N–H and O–H groups in total. The first-order valence-corrected chi connectivity index (χ1v) is 9.43. The molecule has 0 radical (unpaired) electrons. The topological polar surface area (TPSA) is 64.1 Å². The van der Waals surface area contributed by atoms with Gasteiger partial charge in [0.2, 0.25) is 5.91 Å². The second kappa shape index (κ2) is 7.31. The highest BCUT2D eigenvalue weighted by atomic mass is 32.2. The zero-order valence-corrected chi connectivity index (χ0v) is 14.6. The Morgan fingerprint density at radius 1 is 1.35 bits per heavy atom. The molecular weight excluding hydrogens is 330 g/mol. The molecule has 23 heavy (non-hydrogen) atoms. The predicted octanol–water partition coefficient (Wildman–Crippen LogP) is 3.22. The maximum Gasteiger partial charge on any atom is 0.231 e. The van der Waals surface area contributed by atoms with Crippen molar-refractivity contribution in [3.63, 3.8) is 0 Å². The van der Waals surface area contributed by atoms with Crippen molar-refractivity contribution in [1.82, 2.24) is 15.5 Å². The van der Waals surface area contributed by atoms with Crippen LogP contribution in [0.3, 0.4) is 0 Å². The summed E-state index contributed by atoms with van der Waals surface area (Å²) in [4.78, 5) is 12.4. The number of carbonyl (C=O) groups is 1. The van der Waals surface area contributed by atoms with Crippen LogP contribution >= 0.6 is 23.1 Å². The Kier molecular flexibility index (Phi) is 5.17. The van der Waals surface area contributed by atoms with Gasteiger partial charge in [-0.1, -0.05) is 48.1 Å². The van der Waals surface area contributed by atoms with E-state index < -0.39 is 0 Å². The molecule has 1 heterocycles. The van der Waals surface area contributed by atoms with Gasteiger partial charge in [-0.3, -0.25) is 4.79 Å². The number of rotatable bonds is 6. The number of aromatic nitrogens is 2. The van der Waals surface area contributed by atoms with Crippen LogP contribution in [-0.2, 0) is 10.3 Å².